The zero-order valence-corrected chi connectivity index (χ0v) is 16.0. The minimum Gasteiger partial charge on any atom is -0.353 e. The van der Waals surface area contributed by atoms with E-state index in [0.29, 0.717) is 12.3 Å². The molecule has 2 aromatic carbocycles. The van der Waals surface area contributed by atoms with E-state index in [4.69, 9.17) is 12.2 Å². The molecular weight excluding hydrogens is 348 g/mol. The number of hydrogen-bond acceptors (Lipinski definition) is 3. The fraction of sp³-hybridized carbons (Fsp3) is 0.300. The van der Waals surface area contributed by atoms with Crippen molar-refractivity contribution >= 4 is 34.2 Å². The zero-order valence-electron chi connectivity index (χ0n) is 14.4. The number of fused-ring (bicyclic) bond motifs is 1. The molecule has 130 valence electrons. The molecule has 1 aliphatic rings. The second-order valence-corrected chi connectivity index (χ2v) is 7.84. The van der Waals surface area contributed by atoms with E-state index in [2.05, 4.69) is 29.2 Å². The molecule has 0 saturated heterocycles. The molecular formula is C20H22N2OS2. The third kappa shape index (κ3) is 4.83. The summed E-state index contributed by atoms with van der Waals surface area (Å²) >= 11 is 7.03. The summed E-state index contributed by atoms with van der Waals surface area (Å²) in [5.74, 6) is 0.494. The molecule has 25 heavy (non-hydrogen) atoms. The van der Waals surface area contributed by atoms with E-state index in [1.54, 1.807) is 4.90 Å². The Bertz CT molecular complexity index is 748. The van der Waals surface area contributed by atoms with E-state index < -0.39 is 0 Å². The van der Waals surface area contributed by atoms with Gasteiger partial charge in [0.05, 0.1) is 5.75 Å². The summed E-state index contributed by atoms with van der Waals surface area (Å²) in [6.07, 6.45) is 1.01. The van der Waals surface area contributed by atoms with Crippen LogP contribution < -0.4 is 0 Å². The van der Waals surface area contributed by atoms with Crippen LogP contribution in [0.25, 0.3) is 0 Å². The first-order chi connectivity index (χ1) is 12.1. The summed E-state index contributed by atoms with van der Waals surface area (Å²) in [7, 11) is 1.84. The van der Waals surface area contributed by atoms with E-state index in [1.807, 2.05) is 37.4 Å². The third-order valence-corrected chi connectivity index (χ3v) is 5.90. The minimum absolute atomic E-state index is 0.105. The van der Waals surface area contributed by atoms with E-state index in [1.165, 1.54) is 22.9 Å². The molecule has 0 aliphatic carbocycles. The topological polar surface area (TPSA) is 23.6 Å². The highest BCUT2D eigenvalue weighted by molar-refractivity contribution is 8.23. The summed E-state index contributed by atoms with van der Waals surface area (Å²) in [6, 6.07) is 18.5. The molecule has 3 rings (SSSR count). The van der Waals surface area contributed by atoms with Crippen LogP contribution in [0.2, 0.25) is 0 Å². The first-order valence-electron chi connectivity index (χ1n) is 8.40. The number of rotatable bonds is 4. The fourth-order valence-corrected chi connectivity index (χ4v) is 4.06. The van der Waals surface area contributed by atoms with Gasteiger partial charge in [-0.15, -0.1) is 0 Å². The summed E-state index contributed by atoms with van der Waals surface area (Å²) in [5.41, 5.74) is 3.88. The summed E-state index contributed by atoms with van der Waals surface area (Å²) < 4.78 is 0.816. The summed E-state index contributed by atoms with van der Waals surface area (Å²) in [6.45, 7) is 2.40. The van der Waals surface area contributed by atoms with Crippen molar-refractivity contribution in [2.75, 3.05) is 19.3 Å². The van der Waals surface area contributed by atoms with Gasteiger partial charge in [0.25, 0.3) is 0 Å². The van der Waals surface area contributed by atoms with Crippen molar-refractivity contribution in [3.63, 3.8) is 0 Å². The van der Waals surface area contributed by atoms with Crippen LogP contribution in [0.1, 0.15) is 16.7 Å². The smallest absolute Gasteiger partial charge is 0.233 e. The molecule has 0 spiro atoms. The van der Waals surface area contributed by atoms with E-state index >= 15 is 0 Å². The van der Waals surface area contributed by atoms with Crippen molar-refractivity contribution in [1.29, 1.82) is 0 Å². The van der Waals surface area contributed by atoms with Gasteiger partial charge >= 0.3 is 0 Å². The van der Waals surface area contributed by atoms with Gasteiger partial charge in [0.15, 0.2) is 0 Å². The molecule has 0 radical (unpaired) electrons. The molecule has 0 unspecified atom stereocenters. The number of hydrogen-bond donors (Lipinski definition) is 0. The molecule has 0 saturated carbocycles. The maximum atomic E-state index is 12.4. The van der Waals surface area contributed by atoms with Gasteiger partial charge in [-0.1, -0.05) is 78.6 Å². The van der Waals surface area contributed by atoms with Crippen molar-refractivity contribution < 1.29 is 4.79 Å². The molecule has 5 heteroatoms. The second kappa shape index (κ2) is 8.50. The molecule has 1 aliphatic heterocycles. The van der Waals surface area contributed by atoms with Gasteiger partial charge in [0.2, 0.25) is 5.91 Å². The van der Waals surface area contributed by atoms with Gasteiger partial charge in [0, 0.05) is 26.7 Å². The molecule has 0 aromatic heterocycles. The zero-order chi connectivity index (χ0) is 17.6. The maximum Gasteiger partial charge on any atom is 0.233 e. The monoisotopic (exact) mass is 370 g/mol. The standard InChI is InChI=1S/C20H22N2OS2/c1-21(13-16-7-3-2-4-8-16)19(23)15-25-20(24)22-12-11-17-9-5-6-10-18(17)14-22/h2-10H,11-15H2,1H3. The first kappa shape index (κ1) is 18.0. The molecule has 0 fully saturated rings. The van der Waals surface area contributed by atoms with E-state index in [-0.39, 0.29) is 5.91 Å². The molecule has 3 nitrogen and oxygen atoms in total. The van der Waals surface area contributed by atoms with Crippen LogP contribution in [0.5, 0.6) is 0 Å². The van der Waals surface area contributed by atoms with Crippen LogP contribution in [0.4, 0.5) is 0 Å². The molecule has 2 aromatic rings. The number of benzene rings is 2. The molecule has 0 atom stereocenters. The highest BCUT2D eigenvalue weighted by Gasteiger charge is 2.19. The molecule has 1 heterocycles. The number of thioether (sulfide) groups is 1. The van der Waals surface area contributed by atoms with Crippen molar-refractivity contribution in [3.8, 4) is 0 Å². The lowest BCUT2D eigenvalue weighted by Gasteiger charge is -2.30. The van der Waals surface area contributed by atoms with Crippen molar-refractivity contribution in [2.45, 2.75) is 19.5 Å². The normalized spacial score (nSPS) is 13.2. The minimum atomic E-state index is 0.105. The third-order valence-electron chi connectivity index (χ3n) is 4.40. The fourth-order valence-electron chi connectivity index (χ4n) is 2.92. The van der Waals surface area contributed by atoms with Crippen LogP contribution in [0, 0.1) is 0 Å². The summed E-state index contributed by atoms with van der Waals surface area (Å²) in [4.78, 5) is 16.3. The Balaban J connectivity index is 1.48. The molecule has 1 amide bonds. The van der Waals surface area contributed by atoms with Crippen LogP contribution in [-0.2, 0) is 24.3 Å². The Morgan fingerprint density at radius 3 is 2.56 bits per heavy atom. The number of amides is 1. The van der Waals surface area contributed by atoms with Crippen LogP contribution in [0.15, 0.2) is 54.6 Å². The van der Waals surface area contributed by atoms with Crippen LogP contribution >= 0.6 is 24.0 Å². The Labute approximate surface area is 159 Å². The predicted octanol–water partition coefficient (Wildman–Crippen LogP) is 3.72. The average molecular weight is 371 g/mol. The first-order valence-corrected chi connectivity index (χ1v) is 9.79. The lowest BCUT2D eigenvalue weighted by molar-refractivity contribution is -0.127. The second-order valence-electron chi connectivity index (χ2n) is 6.23. The lowest BCUT2D eigenvalue weighted by atomic mass is 10.0. The van der Waals surface area contributed by atoms with Crippen molar-refractivity contribution in [3.05, 3.63) is 71.3 Å². The van der Waals surface area contributed by atoms with Gasteiger partial charge in [-0.05, 0) is 23.1 Å². The number of carbonyl (C=O) groups is 1. The van der Waals surface area contributed by atoms with Gasteiger partial charge in [-0.3, -0.25) is 4.79 Å². The van der Waals surface area contributed by atoms with Gasteiger partial charge in [-0.25, -0.2) is 0 Å². The predicted molar refractivity (Wildman–Crippen MR) is 109 cm³/mol. The molecule has 0 bridgehead atoms. The number of nitrogens with zero attached hydrogens (tertiary/aromatic N) is 2. The van der Waals surface area contributed by atoms with Gasteiger partial charge in [0.1, 0.15) is 4.32 Å². The molecule has 0 N–H and O–H groups in total. The summed E-state index contributed by atoms with van der Waals surface area (Å²) in [5, 5.41) is 0. The van der Waals surface area contributed by atoms with E-state index in [9.17, 15) is 4.79 Å². The maximum absolute atomic E-state index is 12.4. The quantitative estimate of drug-likeness (QED) is 0.766. The van der Waals surface area contributed by atoms with Crippen molar-refractivity contribution in [2.24, 2.45) is 0 Å². The Kier molecular flexibility index (Phi) is 6.10. The average Bonchev–Trinajstić information content (AvgIpc) is 2.66. The highest BCUT2D eigenvalue weighted by atomic mass is 32.2. The Morgan fingerprint density at radius 2 is 1.80 bits per heavy atom. The van der Waals surface area contributed by atoms with Gasteiger partial charge < -0.3 is 9.80 Å². The van der Waals surface area contributed by atoms with Gasteiger partial charge in [-0.2, -0.15) is 0 Å². The lowest BCUT2D eigenvalue weighted by Crippen LogP contribution is -2.34. The highest BCUT2D eigenvalue weighted by Crippen LogP contribution is 2.22. The van der Waals surface area contributed by atoms with E-state index in [0.717, 1.165) is 29.4 Å². The van der Waals surface area contributed by atoms with Crippen LogP contribution in [-0.4, -0.2) is 39.4 Å². The van der Waals surface area contributed by atoms with Crippen molar-refractivity contribution in [1.82, 2.24) is 9.80 Å². The largest absolute Gasteiger partial charge is 0.353 e. The Hall–Kier alpha value is -1.85. The number of thiocarbonyl (C=S) groups is 1. The Morgan fingerprint density at radius 1 is 1.12 bits per heavy atom. The SMILES string of the molecule is CN(Cc1ccccc1)C(=O)CSC(=S)N1CCc2ccccc2C1. The number of carbonyl (C=O) groups excluding carboxylic acids is 1. The van der Waals surface area contributed by atoms with Crippen LogP contribution in [0.3, 0.4) is 0 Å².